The lowest BCUT2D eigenvalue weighted by Crippen LogP contribution is -2.45. The van der Waals surface area contributed by atoms with Crippen molar-refractivity contribution in [2.24, 2.45) is 0 Å². The van der Waals surface area contributed by atoms with Gasteiger partial charge in [-0.05, 0) is 26.2 Å². The Morgan fingerprint density at radius 3 is 2.94 bits per heavy atom. The molecule has 2 heterocycles. The van der Waals surface area contributed by atoms with Gasteiger partial charge in [-0.2, -0.15) is 0 Å². The van der Waals surface area contributed by atoms with E-state index in [2.05, 4.69) is 22.1 Å². The van der Waals surface area contributed by atoms with E-state index < -0.39 is 0 Å². The zero-order valence-corrected chi connectivity index (χ0v) is 11.1. The summed E-state index contributed by atoms with van der Waals surface area (Å²) in [6.07, 6.45) is 5.03. The van der Waals surface area contributed by atoms with Crippen LogP contribution in [0.2, 0.25) is 0 Å². The largest absolute Gasteiger partial charge is 0.396 e. The molecule has 1 aromatic heterocycles. The summed E-state index contributed by atoms with van der Waals surface area (Å²) in [6, 6.07) is 1.00. The molecule has 17 heavy (non-hydrogen) atoms. The minimum atomic E-state index is 0.270. The van der Waals surface area contributed by atoms with E-state index >= 15 is 0 Å². The molecule has 2 rings (SSSR count). The molecule has 4 nitrogen and oxygen atoms in total. The highest BCUT2D eigenvalue weighted by Crippen LogP contribution is 2.22. The zero-order chi connectivity index (χ0) is 12.1. The second-order valence-corrected chi connectivity index (χ2v) is 5.53. The summed E-state index contributed by atoms with van der Waals surface area (Å²) in [5, 5.41) is 15.6. The number of thiazole rings is 1. The Labute approximate surface area is 107 Å². The van der Waals surface area contributed by atoms with E-state index in [-0.39, 0.29) is 6.61 Å². The van der Waals surface area contributed by atoms with Crippen LogP contribution in [-0.2, 0) is 0 Å². The molecular weight excluding hydrogens is 234 g/mol. The monoisotopic (exact) mass is 255 g/mol. The van der Waals surface area contributed by atoms with Crippen LogP contribution in [0.3, 0.4) is 0 Å². The van der Waals surface area contributed by atoms with Crippen LogP contribution < -0.4 is 10.2 Å². The highest BCUT2D eigenvalue weighted by molar-refractivity contribution is 7.13. The second kappa shape index (κ2) is 6.33. The molecule has 0 unspecified atom stereocenters. The maximum atomic E-state index is 8.88. The zero-order valence-electron chi connectivity index (χ0n) is 10.3. The fraction of sp³-hybridized carbons (Fsp3) is 0.750. The van der Waals surface area contributed by atoms with Crippen LogP contribution >= 0.6 is 11.3 Å². The lowest BCUT2D eigenvalue weighted by atomic mass is 10.0. The fourth-order valence-corrected chi connectivity index (χ4v) is 2.99. The third kappa shape index (κ3) is 3.66. The number of nitrogens with zero attached hydrogens (tertiary/aromatic N) is 2. The minimum Gasteiger partial charge on any atom is -0.396 e. The SMILES string of the molecule is C[C@H](CCO)NC1CCN(c2nccs2)CC1. The number of hydrogen-bond donors (Lipinski definition) is 2. The van der Waals surface area contributed by atoms with Crippen LogP contribution in [0.15, 0.2) is 11.6 Å². The third-order valence-corrected chi connectivity index (χ3v) is 4.10. The molecule has 0 aromatic carbocycles. The van der Waals surface area contributed by atoms with Crippen molar-refractivity contribution >= 4 is 16.5 Å². The highest BCUT2D eigenvalue weighted by atomic mass is 32.1. The molecule has 1 aromatic rings. The smallest absolute Gasteiger partial charge is 0.185 e. The van der Waals surface area contributed by atoms with E-state index in [1.165, 1.54) is 0 Å². The van der Waals surface area contributed by atoms with Crippen molar-refractivity contribution in [2.75, 3.05) is 24.6 Å². The van der Waals surface area contributed by atoms with Gasteiger partial charge in [0.05, 0.1) is 0 Å². The number of aliphatic hydroxyl groups is 1. The molecular formula is C12H21N3OS. The van der Waals surface area contributed by atoms with Gasteiger partial charge < -0.3 is 15.3 Å². The van der Waals surface area contributed by atoms with Crippen molar-refractivity contribution in [1.82, 2.24) is 10.3 Å². The number of nitrogens with one attached hydrogen (secondary N) is 1. The van der Waals surface area contributed by atoms with Crippen molar-refractivity contribution in [3.8, 4) is 0 Å². The van der Waals surface area contributed by atoms with Gasteiger partial charge in [-0.1, -0.05) is 0 Å². The summed E-state index contributed by atoms with van der Waals surface area (Å²) in [7, 11) is 0. The van der Waals surface area contributed by atoms with Crippen molar-refractivity contribution in [2.45, 2.75) is 38.3 Å². The first-order valence-electron chi connectivity index (χ1n) is 6.31. The van der Waals surface area contributed by atoms with E-state index in [0.29, 0.717) is 12.1 Å². The predicted molar refractivity (Wildman–Crippen MR) is 71.6 cm³/mol. The molecule has 2 N–H and O–H groups in total. The lowest BCUT2D eigenvalue weighted by Gasteiger charge is -2.33. The van der Waals surface area contributed by atoms with E-state index in [4.69, 9.17) is 5.11 Å². The van der Waals surface area contributed by atoms with Crippen LogP contribution in [-0.4, -0.2) is 41.9 Å². The van der Waals surface area contributed by atoms with Gasteiger partial charge >= 0.3 is 0 Å². The molecule has 1 fully saturated rings. The standard InChI is InChI=1S/C12H21N3OS/c1-10(4-8-16)14-11-2-6-15(7-3-11)12-13-5-9-17-12/h5,9-11,14,16H,2-4,6-8H2,1H3/t10-/m1/s1. The minimum absolute atomic E-state index is 0.270. The van der Waals surface area contributed by atoms with Crippen LogP contribution in [0.1, 0.15) is 26.2 Å². The van der Waals surface area contributed by atoms with Gasteiger partial charge in [-0.25, -0.2) is 4.98 Å². The Morgan fingerprint density at radius 2 is 2.35 bits per heavy atom. The van der Waals surface area contributed by atoms with Crippen molar-refractivity contribution < 1.29 is 5.11 Å². The molecule has 0 aliphatic carbocycles. The molecule has 96 valence electrons. The number of aliphatic hydroxyl groups excluding tert-OH is 1. The predicted octanol–water partition coefficient (Wildman–Crippen LogP) is 1.47. The summed E-state index contributed by atoms with van der Waals surface area (Å²) < 4.78 is 0. The van der Waals surface area contributed by atoms with Gasteiger partial charge in [0.1, 0.15) is 0 Å². The maximum absolute atomic E-state index is 8.88. The van der Waals surface area contributed by atoms with Crippen LogP contribution in [0, 0.1) is 0 Å². The van der Waals surface area contributed by atoms with E-state index in [0.717, 1.165) is 37.5 Å². The van der Waals surface area contributed by atoms with Crippen LogP contribution in [0.5, 0.6) is 0 Å². The molecule has 0 amide bonds. The molecule has 1 atom stereocenters. The van der Waals surface area contributed by atoms with E-state index in [1.54, 1.807) is 11.3 Å². The summed E-state index contributed by atoms with van der Waals surface area (Å²) >= 11 is 1.71. The number of anilines is 1. The normalized spacial score (nSPS) is 19.5. The maximum Gasteiger partial charge on any atom is 0.185 e. The Balaban J connectivity index is 1.74. The Kier molecular flexibility index (Phi) is 4.76. The third-order valence-electron chi connectivity index (χ3n) is 3.27. The number of aromatic nitrogens is 1. The number of piperidine rings is 1. The van der Waals surface area contributed by atoms with Gasteiger partial charge in [-0.3, -0.25) is 0 Å². The van der Waals surface area contributed by atoms with Gasteiger partial charge in [0, 0.05) is 43.4 Å². The molecule has 0 bridgehead atoms. The summed E-state index contributed by atoms with van der Waals surface area (Å²) in [4.78, 5) is 6.71. The topological polar surface area (TPSA) is 48.4 Å². The van der Waals surface area contributed by atoms with E-state index in [9.17, 15) is 0 Å². The Morgan fingerprint density at radius 1 is 1.59 bits per heavy atom. The Hall–Kier alpha value is -0.650. The second-order valence-electron chi connectivity index (χ2n) is 4.66. The quantitative estimate of drug-likeness (QED) is 0.836. The fourth-order valence-electron chi connectivity index (χ4n) is 2.29. The molecule has 0 radical (unpaired) electrons. The molecule has 0 saturated carbocycles. The lowest BCUT2D eigenvalue weighted by molar-refractivity contribution is 0.257. The van der Waals surface area contributed by atoms with Gasteiger partial charge in [0.2, 0.25) is 0 Å². The van der Waals surface area contributed by atoms with Crippen LogP contribution in [0.4, 0.5) is 5.13 Å². The first kappa shape index (κ1) is 12.8. The van der Waals surface area contributed by atoms with Gasteiger partial charge in [0.15, 0.2) is 5.13 Å². The molecule has 5 heteroatoms. The highest BCUT2D eigenvalue weighted by Gasteiger charge is 2.21. The molecule has 1 aliphatic rings. The van der Waals surface area contributed by atoms with E-state index in [1.807, 2.05) is 11.6 Å². The molecule has 1 aliphatic heterocycles. The molecule has 1 saturated heterocycles. The first-order chi connectivity index (χ1) is 8.29. The van der Waals surface area contributed by atoms with Crippen molar-refractivity contribution in [1.29, 1.82) is 0 Å². The number of hydrogen-bond acceptors (Lipinski definition) is 5. The summed E-state index contributed by atoms with van der Waals surface area (Å²) in [5.41, 5.74) is 0. The average molecular weight is 255 g/mol. The summed E-state index contributed by atoms with van der Waals surface area (Å²) in [5.74, 6) is 0. The van der Waals surface area contributed by atoms with Crippen LogP contribution in [0.25, 0.3) is 0 Å². The Bertz CT molecular complexity index is 310. The van der Waals surface area contributed by atoms with Crippen molar-refractivity contribution in [3.63, 3.8) is 0 Å². The number of rotatable bonds is 5. The van der Waals surface area contributed by atoms with Gasteiger partial charge in [0.25, 0.3) is 0 Å². The average Bonchev–Trinajstić information content (AvgIpc) is 2.84. The van der Waals surface area contributed by atoms with Gasteiger partial charge in [-0.15, -0.1) is 11.3 Å². The van der Waals surface area contributed by atoms with Crippen molar-refractivity contribution in [3.05, 3.63) is 11.6 Å². The summed E-state index contributed by atoms with van der Waals surface area (Å²) in [6.45, 7) is 4.57. The molecule has 0 spiro atoms. The first-order valence-corrected chi connectivity index (χ1v) is 7.19.